The van der Waals surface area contributed by atoms with Gasteiger partial charge < -0.3 is 10.1 Å². The van der Waals surface area contributed by atoms with E-state index in [1.54, 1.807) is 24.3 Å². The maximum Gasteiger partial charge on any atom is 0.280 e. The highest BCUT2D eigenvalue weighted by Gasteiger charge is 2.35. The molecular weight excluding hydrogens is 419 g/mol. The van der Waals surface area contributed by atoms with E-state index in [2.05, 4.69) is 14.9 Å². The SMILES string of the molecule is COc1ccc(N(C(=O)c2csnn2)[C@H](C(=O)NC(C)(C)C)c2ccc(F)cc2)cc1. The number of aromatic nitrogens is 2. The Morgan fingerprint density at radius 3 is 2.26 bits per heavy atom. The second-order valence-corrected chi connectivity index (χ2v) is 8.47. The van der Waals surface area contributed by atoms with Gasteiger partial charge in [-0.1, -0.05) is 16.6 Å². The number of benzene rings is 2. The highest BCUT2D eigenvalue weighted by molar-refractivity contribution is 7.03. The summed E-state index contributed by atoms with van der Waals surface area (Å²) in [6.07, 6.45) is 0. The summed E-state index contributed by atoms with van der Waals surface area (Å²) in [5.74, 6) is -0.752. The molecule has 0 aliphatic rings. The molecule has 2 aromatic carbocycles. The van der Waals surface area contributed by atoms with Crippen molar-refractivity contribution in [1.29, 1.82) is 0 Å². The first-order valence-electron chi connectivity index (χ1n) is 9.52. The Labute approximate surface area is 184 Å². The zero-order valence-electron chi connectivity index (χ0n) is 17.6. The van der Waals surface area contributed by atoms with Crippen LogP contribution in [0.4, 0.5) is 10.1 Å². The van der Waals surface area contributed by atoms with Gasteiger partial charge in [0.25, 0.3) is 5.91 Å². The Balaban J connectivity index is 2.16. The van der Waals surface area contributed by atoms with Crippen molar-refractivity contribution in [2.24, 2.45) is 0 Å². The number of nitrogens with one attached hydrogen (secondary N) is 1. The summed E-state index contributed by atoms with van der Waals surface area (Å²) >= 11 is 1.04. The van der Waals surface area contributed by atoms with Crippen molar-refractivity contribution in [2.45, 2.75) is 32.4 Å². The van der Waals surface area contributed by atoms with Crippen molar-refractivity contribution >= 4 is 29.0 Å². The average Bonchev–Trinajstić information content (AvgIpc) is 3.26. The molecule has 3 rings (SSSR count). The molecule has 0 spiro atoms. The Bertz CT molecular complexity index is 1030. The first-order chi connectivity index (χ1) is 14.7. The Kier molecular flexibility index (Phi) is 6.65. The van der Waals surface area contributed by atoms with Crippen molar-refractivity contribution in [2.75, 3.05) is 12.0 Å². The minimum absolute atomic E-state index is 0.108. The predicted molar refractivity (Wildman–Crippen MR) is 117 cm³/mol. The van der Waals surface area contributed by atoms with Gasteiger partial charge in [0, 0.05) is 16.6 Å². The van der Waals surface area contributed by atoms with E-state index in [-0.39, 0.29) is 5.69 Å². The number of halogens is 1. The van der Waals surface area contributed by atoms with Crippen LogP contribution >= 0.6 is 11.5 Å². The quantitative estimate of drug-likeness (QED) is 0.624. The van der Waals surface area contributed by atoms with Gasteiger partial charge in [-0.2, -0.15) is 0 Å². The van der Waals surface area contributed by atoms with E-state index in [9.17, 15) is 14.0 Å². The average molecular weight is 443 g/mol. The van der Waals surface area contributed by atoms with E-state index in [4.69, 9.17) is 4.74 Å². The topological polar surface area (TPSA) is 84.4 Å². The first-order valence-corrected chi connectivity index (χ1v) is 10.4. The van der Waals surface area contributed by atoms with Crippen molar-refractivity contribution in [3.63, 3.8) is 0 Å². The van der Waals surface area contributed by atoms with Gasteiger partial charge in [0.1, 0.15) is 17.6 Å². The number of ether oxygens (including phenoxy) is 1. The molecule has 1 atom stereocenters. The number of rotatable bonds is 6. The van der Waals surface area contributed by atoms with Gasteiger partial charge in [-0.05, 0) is 74.3 Å². The number of amides is 2. The zero-order valence-corrected chi connectivity index (χ0v) is 18.4. The fourth-order valence-electron chi connectivity index (χ4n) is 3.01. The van der Waals surface area contributed by atoms with E-state index >= 15 is 0 Å². The lowest BCUT2D eigenvalue weighted by Crippen LogP contribution is -2.49. The summed E-state index contributed by atoms with van der Waals surface area (Å²) in [5.41, 5.74) is 0.468. The molecule has 0 saturated carbocycles. The van der Waals surface area contributed by atoms with Crippen molar-refractivity contribution in [3.8, 4) is 5.75 Å². The molecule has 1 N–H and O–H groups in total. The van der Waals surface area contributed by atoms with Crippen LogP contribution in [0.2, 0.25) is 0 Å². The molecule has 31 heavy (non-hydrogen) atoms. The maximum atomic E-state index is 13.6. The molecule has 0 bridgehead atoms. The third-order valence-corrected chi connectivity index (χ3v) is 4.84. The molecule has 0 aliphatic heterocycles. The lowest BCUT2D eigenvalue weighted by molar-refractivity contribution is -0.123. The fraction of sp³-hybridized carbons (Fsp3) is 0.273. The van der Waals surface area contributed by atoms with Gasteiger partial charge in [0.05, 0.1) is 7.11 Å². The smallest absolute Gasteiger partial charge is 0.280 e. The zero-order chi connectivity index (χ0) is 22.6. The van der Waals surface area contributed by atoms with Crippen LogP contribution in [0.25, 0.3) is 0 Å². The number of carbonyl (C=O) groups is 2. The molecule has 0 aliphatic carbocycles. The van der Waals surface area contributed by atoms with Crippen LogP contribution in [0.1, 0.15) is 42.9 Å². The van der Waals surface area contributed by atoms with E-state index in [0.29, 0.717) is 17.0 Å². The molecule has 1 aromatic heterocycles. The van der Waals surface area contributed by atoms with Crippen molar-refractivity contribution < 1.29 is 18.7 Å². The molecule has 0 unspecified atom stereocenters. The van der Waals surface area contributed by atoms with E-state index in [1.165, 1.54) is 41.7 Å². The normalized spacial score (nSPS) is 12.2. The summed E-state index contributed by atoms with van der Waals surface area (Å²) in [6, 6.07) is 11.2. The van der Waals surface area contributed by atoms with Gasteiger partial charge in [-0.25, -0.2) is 4.39 Å². The van der Waals surface area contributed by atoms with E-state index < -0.39 is 29.2 Å². The van der Waals surface area contributed by atoms with Crippen LogP contribution in [-0.4, -0.2) is 34.1 Å². The number of carbonyl (C=O) groups excluding carboxylic acids is 2. The standard InChI is InChI=1S/C22H23FN4O3S/c1-22(2,3)24-20(28)19(14-5-7-15(23)8-6-14)27(21(29)18-13-31-26-25-18)16-9-11-17(30-4)12-10-16/h5-13,19H,1-4H3,(H,24,28)/t19-/m0/s1. The number of methoxy groups -OCH3 is 1. The van der Waals surface area contributed by atoms with E-state index in [1.807, 2.05) is 20.8 Å². The molecule has 0 saturated heterocycles. The maximum absolute atomic E-state index is 13.6. The molecule has 1 heterocycles. The van der Waals surface area contributed by atoms with Crippen LogP contribution in [0.3, 0.4) is 0 Å². The lowest BCUT2D eigenvalue weighted by Gasteiger charge is -2.33. The third kappa shape index (κ3) is 5.43. The Morgan fingerprint density at radius 1 is 1.10 bits per heavy atom. The van der Waals surface area contributed by atoms with Crippen molar-refractivity contribution in [3.05, 3.63) is 71.0 Å². The minimum atomic E-state index is -1.07. The minimum Gasteiger partial charge on any atom is -0.497 e. The van der Waals surface area contributed by atoms with Crippen LogP contribution in [-0.2, 0) is 4.79 Å². The second kappa shape index (κ2) is 9.22. The van der Waals surface area contributed by atoms with Gasteiger partial charge in [-0.3, -0.25) is 14.5 Å². The van der Waals surface area contributed by atoms with Crippen LogP contribution in [0.5, 0.6) is 5.75 Å². The van der Waals surface area contributed by atoms with Gasteiger partial charge in [0.2, 0.25) is 5.91 Å². The third-order valence-electron chi connectivity index (χ3n) is 4.34. The molecule has 162 valence electrons. The fourth-order valence-corrected chi connectivity index (χ4v) is 3.44. The summed E-state index contributed by atoms with van der Waals surface area (Å²) in [4.78, 5) is 28.2. The van der Waals surface area contributed by atoms with Crippen molar-refractivity contribution in [1.82, 2.24) is 14.9 Å². The highest BCUT2D eigenvalue weighted by Crippen LogP contribution is 2.31. The van der Waals surface area contributed by atoms with Gasteiger partial charge in [-0.15, -0.1) is 5.10 Å². The molecular formula is C22H23FN4O3S. The van der Waals surface area contributed by atoms with Gasteiger partial charge >= 0.3 is 0 Å². The van der Waals surface area contributed by atoms with Crippen LogP contribution in [0, 0.1) is 5.82 Å². The molecule has 7 nitrogen and oxygen atoms in total. The lowest BCUT2D eigenvalue weighted by atomic mass is 10.0. The summed E-state index contributed by atoms with van der Waals surface area (Å²) in [6.45, 7) is 5.53. The Hall–Kier alpha value is -3.33. The molecule has 2 amide bonds. The predicted octanol–water partition coefficient (Wildman–Crippen LogP) is 3.99. The number of anilines is 1. The summed E-state index contributed by atoms with van der Waals surface area (Å²) in [5, 5.41) is 8.32. The molecule has 0 fully saturated rings. The first kappa shape index (κ1) is 22.4. The Morgan fingerprint density at radius 2 is 1.74 bits per heavy atom. The molecule has 0 radical (unpaired) electrons. The van der Waals surface area contributed by atoms with Gasteiger partial charge in [0.15, 0.2) is 5.69 Å². The van der Waals surface area contributed by atoms with E-state index in [0.717, 1.165) is 11.5 Å². The summed E-state index contributed by atoms with van der Waals surface area (Å²) in [7, 11) is 1.54. The number of hydrogen-bond acceptors (Lipinski definition) is 6. The number of nitrogens with zero attached hydrogens (tertiary/aromatic N) is 3. The molecule has 9 heteroatoms. The molecule has 3 aromatic rings. The van der Waals surface area contributed by atoms with Crippen LogP contribution in [0.15, 0.2) is 53.9 Å². The monoisotopic (exact) mass is 442 g/mol. The summed E-state index contributed by atoms with van der Waals surface area (Å²) < 4.78 is 22.6. The second-order valence-electron chi connectivity index (χ2n) is 7.86. The largest absolute Gasteiger partial charge is 0.497 e. The number of hydrogen-bond donors (Lipinski definition) is 1. The highest BCUT2D eigenvalue weighted by atomic mass is 32.1. The van der Waals surface area contributed by atoms with Crippen LogP contribution < -0.4 is 15.0 Å².